The SMILES string of the molecule is C[C@@H](NC(=O)C1=C(O)C(=O)N(CC(F)(F)F)C1)c1ccc2ccccc2c1. The summed E-state index contributed by atoms with van der Waals surface area (Å²) < 4.78 is 37.5. The largest absolute Gasteiger partial charge is 0.503 e. The summed E-state index contributed by atoms with van der Waals surface area (Å²) in [6.07, 6.45) is -4.61. The molecule has 0 saturated carbocycles. The summed E-state index contributed by atoms with van der Waals surface area (Å²) >= 11 is 0. The molecule has 142 valence electrons. The van der Waals surface area contributed by atoms with Crippen molar-refractivity contribution >= 4 is 22.6 Å². The predicted molar refractivity (Wildman–Crippen MR) is 92.8 cm³/mol. The Labute approximate surface area is 153 Å². The predicted octanol–water partition coefficient (Wildman–Crippen LogP) is 3.23. The Hall–Kier alpha value is -3.03. The number of aliphatic hydroxyl groups excluding tert-OH is 1. The molecular formula is C19H17F3N2O3. The molecule has 0 bridgehead atoms. The lowest BCUT2D eigenvalue weighted by Gasteiger charge is -2.18. The van der Waals surface area contributed by atoms with E-state index < -0.39 is 42.9 Å². The number of halogens is 3. The van der Waals surface area contributed by atoms with Gasteiger partial charge < -0.3 is 15.3 Å². The normalized spacial score (nSPS) is 16.1. The molecule has 0 spiro atoms. The Balaban J connectivity index is 1.73. The molecule has 0 fully saturated rings. The van der Waals surface area contributed by atoms with Gasteiger partial charge in [0, 0.05) is 0 Å². The Bertz CT molecular complexity index is 937. The molecule has 0 saturated heterocycles. The van der Waals surface area contributed by atoms with Crippen molar-refractivity contribution in [3.8, 4) is 0 Å². The Morgan fingerprint density at radius 2 is 1.89 bits per heavy atom. The van der Waals surface area contributed by atoms with Crippen molar-refractivity contribution in [1.29, 1.82) is 0 Å². The van der Waals surface area contributed by atoms with Gasteiger partial charge in [-0.25, -0.2) is 0 Å². The minimum atomic E-state index is -4.61. The van der Waals surface area contributed by atoms with Crippen LogP contribution >= 0.6 is 0 Å². The maximum absolute atomic E-state index is 12.5. The van der Waals surface area contributed by atoms with Gasteiger partial charge in [0.1, 0.15) is 6.54 Å². The number of carbonyl (C=O) groups excluding carboxylic acids is 2. The molecule has 0 radical (unpaired) electrons. The van der Waals surface area contributed by atoms with Crippen molar-refractivity contribution in [2.24, 2.45) is 0 Å². The number of benzene rings is 2. The standard InChI is InChI=1S/C19H17F3N2O3/c1-11(13-7-6-12-4-2-3-5-14(12)8-13)23-17(26)15-9-24(10-19(20,21)22)18(27)16(15)25/h2-8,11,25H,9-10H2,1H3,(H,23,26)/t11-/m1/s1. The van der Waals surface area contributed by atoms with E-state index in [0.29, 0.717) is 4.90 Å². The number of fused-ring (bicyclic) bond motifs is 1. The van der Waals surface area contributed by atoms with Gasteiger partial charge in [-0.1, -0.05) is 36.4 Å². The second kappa shape index (κ2) is 6.94. The quantitative estimate of drug-likeness (QED) is 0.858. The number of amides is 2. The van der Waals surface area contributed by atoms with Crippen LogP contribution in [-0.4, -0.2) is 41.1 Å². The average molecular weight is 378 g/mol. The van der Waals surface area contributed by atoms with Crippen LogP contribution in [0.3, 0.4) is 0 Å². The fourth-order valence-electron chi connectivity index (χ4n) is 2.98. The molecule has 2 N–H and O–H groups in total. The van der Waals surface area contributed by atoms with Crippen molar-refractivity contribution in [1.82, 2.24) is 10.2 Å². The first kappa shape index (κ1) is 18.8. The van der Waals surface area contributed by atoms with Crippen LogP contribution in [0.2, 0.25) is 0 Å². The van der Waals surface area contributed by atoms with E-state index in [0.717, 1.165) is 16.3 Å². The van der Waals surface area contributed by atoms with E-state index in [1.54, 1.807) is 6.92 Å². The van der Waals surface area contributed by atoms with E-state index in [1.165, 1.54) is 0 Å². The minimum Gasteiger partial charge on any atom is -0.503 e. The molecule has 8 heteroatoms. The maximum atomic E-state index is 12.5. The lowest BCUT2D eigenvalue weighted by molar-refractivity contribution is -0.157. The van der Waals surface area contributed by atoms with Gasteiger partial charge in [0.25, 0.3) is 11.8 Å². The molecule has 1 heterocycles. The summed E-state index contributed by atoms with van der Waals surface area (Å²) in [5.74, 6) is -2.91. The van der Waals surface area contributed by atoms with Gasteiger partial charge in [0.05, 0.1) is 18.2 Å². The zero-order valence-corrected chi connectivity index (χ0v) is 14.4. The summed E-state index contributed by atoms with van der Waals surface area (Å²) in [5, 5.41) is 14.4. The Morgan fingerprint density at radius 1 is 1.22 bits per heavy atom. The highest BCUT2D eigenvalue weighted by atomic mass is 19.4. The number of nitrogens with one attached hydrogen (secondary N) is 1. The van der Waals surface area contributed by atoms with Crippen molar-refractivity contribution < 1.29 is 27.9 Å². The first-order valence-corrected chi connectivity index (χ1v) is 8.23. The Morgan fingerprint density at radius 3 is 2.56 bits per heavy atom. The molecule has 1 atom stereocenters. The molecule has 2 aromatic carbocycles. The molecule has 1 aliphatic heterocycles. The molecule has 5 nitrogen and oxygen atoms in total. The number of carbonyl (C=O) groups is 2. The lowest BCUT2D eigenvalue weighted by atomic mass is 10.0. The first-order valence-electron chi connectivity index (χ1n) is 8.23. The number of rotatable bonds is 4. The first-order chi connectivity index (χ1) is 12.7. The summed E-state index contributed by atoms with van der Waals surface area (Å²) in [6, 6.07) is 12.8. The molecule has 2 aromatic rings. The summed E-state index contributed by atoms with van der Waals surface area (Å²) in [5.41, 5.74) is 0.426. The van der Waals surface area contributed by atoms with Crippen LogP contribution in [0.4, 0.5) is 13.2 Å². The van der Waals surface area contributed by atoms with Gasteiger partial charge in [0.2, 0.25) is 0 Å². The van der Waals surface area contributed by atoms with Gasteiger partial charge in [-0.2, -0.15) is 13.2 Å². The van der Waals surface area contributed by atoms with Crippen LogP contribution in [0.25, 0.3) is 10.8 Å². The summed E-state index contributed by atoms with van der Waals surface area (Å²) in [7, 11) is 0. The number of nitrogens with zero attached hydrogens (tertiary/aromatic N) is 1. The van der Waals surface area contributed by atoms with E-state index in [4.69, 9.17) is 0 Å². The monoisotopic (exact) mass is 378 g/mol. The van der Waals surface area contributed by atoms with Crippen molar-refractivity contribution in [3.63, 3.8) is 0 Å². The van der Waals surface area contributed by atoms with Crippen LogP contribution in [0, 0.1) is 0 Å². The van der Waals surface area contributed by atoms with Crippen LogP contribution in [0.15, 0.2) is 53.8 Å². The smallest absolute Gasteiger partial charge is 0.406 e. The van der Waals surface area contributed by atoms with Crippen LogP contribution < -0.4 is 5.32 Å². The van der Waals surface area contributed by atoms with Gasteiger partial charge in [-0.15, -0.1) is 0 Å². The molecule has 2 amide bonds. The number of aliphatic hydroxyl groups is 1. The van der Waals surface area contributed by atoms with Gasteiger partial charge in [-0.3, -0.25) is 9.59 Å². The second-order valence-electron chi connectivity index (χ2n) is 6.41. The van der Waals surface area contributed by atoms with Gasteiger partial charge in [0.15, 0.2) is 5.76 Å². The van der Waals surface area contributed by atoms with Gasteiger partial charge in [-0.05, 0) is 29.3 Å². The summed E-state index contributed by atoms with van der Waals surface area (Å²) in [4.78, 5) is 24.5. The lowest BCUT2D eigenvalue weighted by Crippen LogP contribution is -2.37. The number of hydrogen-bond acceptors (Lipinski definition) is 3. The topological polar surface area (TPSA) is 69.6 Å². The molecule has 0 unspecified atom stereocenters. The highest BCUT2D eigenvalue weighted by Crippen LogP contribution is 2.25. The minimum absolute atomic E-state index is 0.364. The highest BCUT2D eigenvalue weighted by molar-refractivity contribution is 6.07. The summed E-state index contributed by atoms with van der Waals surface area (Å²) in [6.45, 7) is -0.392. The molecule has 0 aliphatic carbocycles. The van der Waals surface area contributed by atoms with Crippen molar-refractivity contribution in [2.75, 3.05) is 13.1 Å². The number of hydrogen-bond donors (Lipinski definition) is 2. The van der Waals surface area contributed by atoms with Crippen LogP contribution in [0.1, 0.15) is 18.5 Å². The van der Waals surface area contributed by atoms with Crippen molar-refractivity contribution in [3.05, 3.63) is 59.4 Å². The van der Waals surface area contributed by atoms with Crippen LogP contribution in [0.5, 0.6) is 0 Å². The average Bonchev–Trinajstić information content (AvgIpc) is 2.88. The molecule has 3 rings (SSSR count). The Kier molecular flexibility index (Phi) is 4.82. The highest BCUT2D eigenvalue weighted by Gasteiger charge is 2.40. The zero-order chi connectivity index (χ0) is 19.8. The van der Waals surface area contributed by atoms with E-state index in [1.807, 2.05) is 42.5 Å². The van der Waals surface area contributed by atoms with E-state index in [9.17, 15) is 27.9 Å². The van der Waals surface area contributed by atoms with E-state index in [2.05, 4.69) is 5.32 Å². The zero-order valence-electron chi connectivity index (χ0n) is 14.4. The third-order valence-electron chi connectivity index (χ3n) is 4.39. The molecule has 0 aromatic heterocycles. The van der Waals surface area contributed by atoms with Crippen molar-refractivity contribution in [2.45, 2.75) is 19.1 Å². The fraction of sp³-hybridized carbons (Fsp3) is 0.263. The molecule has 1 aliphatic rings. The maximum Gasteiger partial charge on any atom is 0.406 e. The van der Waals surface area contributed by atoms with Crippen LogP contribution in [-0.2, 0) is 9.59 Å². The molecule has 27 heavy (non-hydrogen) atoms. The second-order valence-corrected chi connectivity index (χ2v) is 6.41. The fourth-order valence-corrected chi connectivity index (χ4v) is 2.98. The molecular weight excluding hydrogens is 361 g/mol. The number of alkyl halides is 3. The van der Waals surface area contributed by atoms with E-state index >= 15 is 0 Å². The van der Waals surface area contributed by atoms with E-state index in [-0.39, 0.29) is 5.57 Å². The third-order valence-corrected chi connectivity index (χ3v) is 4.39. The third kappa shape index (κ3) is 4.05. The van der Waals surface area contributed by atoms with Gasteiger partial charge >= 0.3 is 6.18 Å².